The molecule has 0 unspecified atom stereocenters. The minimum atomic E-state index is -4.71. The van der Waals surface area contributed by atoms with Crippen LogP contribution in [0.5, 0.6) is 11.5 Å². The number of halogens is 5. The maximum Gasteiger partial charge on any atom is 0.437 e. The monoisotopic (exact) mass is 308 g/mol. The summed E-state index contributed by atoms with van der Waals surface area (Å²) >= 11 is 11.4. The van der Waals surface area contributed by atoms with Crippen LogP contribution in [0.25, 0.3) is 0 Å². The lowest BCUT2D eigenvalue weighted by Crippen LogP contribution is -2.11. The van der Waals surface area contributed by atoms with Crippen molar-refractivity contribution in [2.24, 2.45) is 0 Å². The number of alkyl halides is 3. The largest absolute Gasteiger partial charge is 0.450 e. The van der Waals surface area contributed by atoms with Crippen molar-refractivity contribution in [1.29, 1.82) is 0 Å². The minimum Gasteiger partial charge on any atom is -0.450 e. The van der Waals surface area contributed by atoms with E-state index in [0.29, 0.717) is 6.33 Å². The number of hydrogen-bond donors (Lipinski definition) is 0. The van der Waals surface area contributed by atoms with Gasteiger partial charge in [0.1, 0.15) is 12.1 Å². The van der Waals surface area contributed by atoms with E-state index in [2.05, 4.69) is 9.97 Å². The van der Waals surface area contributed by atoms with Gasteiger partial charge >= 0.3 is 6.18 Å². The highest BCUT2D eigenvalue weighted by Gasteiger charge is 2.38. The highest BCUT2D eigenvalue weighted by molar-refractivity contribution is 6.32. The summed E-state index contributed by atoms with van der Waals surface area (Å²) in [7, 11) is 0. The molecule has 0 saturated heterocycles. The maximum atomic E-state index is 12.8. The van der Waals surface area contributed by atoms with E-state index in [1.807, 2.05) is 0 Å². The van der Waals surface area contributed by atoms with E-state index in [9.17, 15) is 13.2 Å². The van der Waals surface area contributed by atoms with E-state index in [4.69, 9.17) is 27.9 Å². The lowest BCUT2D eigenvalue weighted by molar-refractivity contribution is -0.142. The van der Waals surface area contributed by atoms with E-state index in [0.717, 1.165) is 0 Å². The normalized spacial score (nSPS) is 11.4. The van der Waals surface area contributed by atoms with E-state index in [1.54, 1.807) is 12.1 Å². The summed E-state index contributed by atoms with van der Waals surface area (Å²) in [6.07, 6.45) is -3.99. The van der Waals surface area contributed by atoms with Gasteiger partial charge in [-0.05, 0) is 12.1 Å². The van der Waals surface area contributed by atoms with Crippen LogP contribution >= 0.6 is 23.2 Å². The van der Waals surface area contributed by atoms with Gasteiger partial charge in [0, 0.05) is 0 Å². The second-order valence-corrected chi connectivity index (χ2v) is 4.14. The lowest BCUT2D eigenvalue weighted by Gasteiger charge is -2.13. The highest BCUT2D eigenvalue weighted by Crippen LogP contribution is 2.40. The first-order valence-electron chi connectivity index (χ1n) is 4.89. The third-order valence-electron chi connectivity index (χ3n) is 2.08. The zero-order valence-corrected chi connectivity index (χ0v) is 10.6. The molecule has 0 amide bonds. The van der Waals surface area contributed by atoms with Crippen LogP contribution < -0.4 is 4.74 Å². The van der Waals surface area contributed by atoms with Gasteiger partial charge in [-0.25, -0.2) is 9.97 Å². The molecule has 2 rings (SSSR count). The Bertz CT molecular complexity index is 605. The molecule has 0 bridgehead atoms. The number of ether oxygens (including phenoxy) is 1. The first-order valence-corrected chi connectivity index (χ1v) is 5.65. The molecular formula is C11H5Cl2F3N2O. The van der Waals surface area contributed by atoms with Crippen molar-refractivity contribution in [3.63, 3.8) is 0 Å². The molecule has 2 aromatic rings. The first kappa shape index (κ1) is 13.9. The predicted molar refractivity (Wildman–Crippen MR) is 63.6 cm³/mol. The molecule has 100 valence electrons. The molecule has 8 heteroatoms. The molecule has 1 heterocycles. The predicted octanol–water partition coefficient (Wildman–Crippen LogP) is 4.59. The van der Waals surface area contributed by atoms with Crippen molar-refractivity contribution in [2.45, 2.75) is 6.18 Å². The van der Waals surface area contributed by atoms with Crippen LogP contribution in [0.3, 0.4) is 0 Å². The van der Waals surface area contributed by atoms with Crippen LogP contribution in [0.1, 0.15) is 5.69 Å². The summed E-state index contributed by atoms with van der Waals surface area (Å²) in [4.78, 5) is 6.61. The molecule has 0 N–H and O–H groups in total. The fourth-order valence-corrected chi connectivity index (χ4v) is 1.63. The van der Waals surface area contributed by atoms with Crippen LogP contribution in [0.15, 0.2) is 30.6 Å². The minimum absolute atomic E-state index is 0.0337. The van der Waals surface area contributed by atoms with Gasteiger partial charge < -0.3 is 4.74 Å². The summed E-state index contributed by atoms with van der Waals surface area (Å²) in [5.74, 6) is -0.642. The zero-order valence-electron chi connectivity index (χ0n) is 9.08. The van der Waals surface area contributed by atoms with Gasteiger partial charge in [-0.2, -0.15) is 13.2 Å². The van der Waals surface area contributed by atoms with Gasteiger partial charge in [0.15, 0.2) is 16.6 Å². The van der Waals surface area contributed by atoms with Gasteiger partial charge in [-0.15, -0.1) is 0 Å². The Hall–Kier alpha value is -1.53. The summed E-state index contributed by atoms with van der Waals surface area (Å²) in [6, 6.07) is 6.06. The van der Waals surface area contributed by atoms with Gasteiger partial charge in [0.05, 0.1) is 5.02 Å². The number of nitrogens with zero attached hydrogens (tertiary/aromatic N) is 2. The van der Waals surface area contributed by atoms with Crippen molar-refractivity contribution in [3.05, 3.63) is 46.5 Å². The Labute approximate surface area is 116 Å². The molecule has 0 fully saturated rings. The standard InChI is InChI=1S/C11H5Cl2F3N2O/c12-6-3-1-2-4-7(6)19-8-9(11(14,15)16)17-5-18-10(8)13/h1-5H. The fourth-order valence-electron chi connectivity index (χ4n) is 1.28. The lowest BCUT2D eigenvalue weighted by atomic mass is 10.3. The summed E-state index contributed by atoms with van der Waals surface area (Å²) in [6.45, 7) is 0. The first-order chi connectivity index (χ1) is 8.89. The van der Waals surface area contributed by atoms with Crippen LogP contribution in [0, 0.1) is 0 Å². The Balaban J connectivity index is 2.48. The van der Waals surface area contributed by atoms with Gasteiger partial charge in [-0.3, -0.25) is 0 Å². The average Bonchev–Trinajstić information content (AvgIpc) is 2.33. The third-order valence-corrected chi connectivity index (χ3v) is 2.66. The molecule has 0 aliphatic rings. The molecule has 0 spiro atoms. The van der Waals surface area contributed by atoms with Crippen molar-refractivity contribution >= 4 is 23.2 Å². The Morgan fingerprint density at radius 3 is 2.37 bits per heavy atom. The number of benzene rings is 1. The van der Waals surface area contributed by atoms with Gasteiger partial charge in [0.2, 0.25) is 0 Å². The third kappa shape index (κ3) is 3.08. The summed E-state index contributed by atoms with van der Waals surface area (Å²) in [5, 5.41) is -0.294. The molecule has 1 aromatic carbocycles. The number of para-hydroxylation sites is 1. The van der Waals surface area contributed by atoms with Gasteiger partial charge in [0.25, 0.3) is 0 Å². The summed E-state index contributed by atoms with van der Waals surface area (Å²) < 4.78 is 43.4. The molecule has 0 radical (unpaired) electrons. The van der Waals surface area contributed by atoms with Crippen LogP contribution in [-0.2, 0) is 6.18 Å². The molecule has 1 aromatic heterocycles. The van der Waals surface area contributed by atoms with Gasteiger partial charge in [-0.1, -0.05) is 35.3 Å². The Morgan fingerprint density at radius 2 is 1.74 bits per heavy atom. The average molecular weight is 309 g/mol. The van der Waals surface area contributed by atoms with Crippen molar-refractivity contribution < 1.29 is 17.9 Å². The van der Waals surface area contributed by atoms with Crippen molar-refractivity contribution in [1.82, 2.24) is 9.97 Å². The number of rotatable bonds is 2. The topological polar surface area (TPSA) is 35.0 Å². The van der Waals surface area contributed by atoms with Crippen molar-refractivity contribution in [3.8, 4) is 11.5 Å². The van der Waals surface area contributed by atoms with E-state index >= 15 is 0 Å². The molecule has 0 atom stereocenters. The number of aromatic nitrogens is 2. The molecule has 3 nitrogen and oxygen atoms in total. The maximum absolute atomic E-state index is 12.8. The second-order valence-electron chi connectivity index (χ2n) is 3.37. The highest BCUT2D eigenvalue weighted by atomic mass is 35.5. The van der Waals surface area contributed by atoms with E-state index in [1.165, 1.54) is 12.1 Å². The van der Waals surface area contributed by atoms with E-state index in [-0.39, 0.29) is 10.8 Å². The molecule has 0 aliphatic heterocycles. The Kier molecular flexibility index (Phi) is 3.82. The van der Waals surface area contributed by atoms with Crippen molar-refractivity contribution in [2.75, 3.05) is 0 Å². The van der Waals surface area contributed by atoms with Crippen LogP contribution in [0.4, 0.5) is 13.2 Å². The van der Waals surface area contributed by atoms with E-state index < -0.39 is 22.8 Å². The smallest absolute Gasteiger partial charge is 0.437 e. The SMILES string of the molecule is FC(F)(F)c1ncnc(Cl)c1Oc1ccccc1Cl. The fraction of sp³-hybridized carbons (Fsp3) is 0.0909. The molecule has 0 saturated carbocycles. The quantitative estimate of drug-likeness (QED) is 0.761. The zero-order chi connectivity index (χ0) is 14.0. The summed E-state index contributed by atoms with van der Waals surface area (Å²) in [5.41, 5.74) is -1.26. The van der Waals surface area contributed by atoms with Crippen LogP contribution in [-0.4, -0.2) is 9.97 Å². The molecule has 19 heavy (non-hydrogen) atoms. The van der Waals surface area contributed by atoms with Crippen LogP contribution in [0.2, 0.25) is 10.2 Å². The second kappa shape index (κ2) is 5.22. The Morgan fingerprint density at radius 1 is 1.05 bits per heavy atom. The number of hydrogen-bond acceptors (Lipinski definition) is 3. The molecule has 0 aliphatic carbocycles. The molecular weight excluding hydrogens is 304 g/mol.